The van der Waals surface area contributed by atoms with E-state index in [2.05, 4.69) is 0 Å². The molecule has 0 bridgehead atoms. The molecule has 0 aliphatic carbocycles. The number of furan rings is 1. The average molecular weight is 168 g/mol. The highest BCUT2D eigenvalue weighted by Crippen LogP contribution is 2.23. The lowest BCUT2D eigenvalue weighted by Gasteiger charge is -1.87. The van der Waals surface area contributed by atoms with E-state index in [1.54, 1.807) is 18.2 Å². The zero-order valence-corrected chi connectivity index (χ0v) is 6.43. The van der Waals surface area contributed by atoms with E-state index in [9.17, 15) is 0 Å². The lowest BCUT2D eigenvalue weighted by Crippen LogP contribution is -1.75. The van der Waals surface area contributed by atoms with Crippen molar-refractivity contribution in [1.82, 2.24) is 0 Å². The standard InChI is InChI=1S/C8H6ClNO/c9-6-2-1-5-3-8(10)11-7(5)4-6/h1-4H,10H2. The fraction of sp³-hybridized carbons (Fsp3) is 0. The largest absolute Gasteiger partial charge is 0.441 e. The number of benzene rings is 1. The lowest BCUT2D eigenvalue weighted by molar-refractivity contribution is 0.637. The Balaban J connectivity index is 2.82. The first kappa shape index (κ1) is 6.55. The fourth-order valence-corrected chi connectivity index (χ4v) is 1.19. The van der Waals surface area contributed by atoms with Crippen LogP contribution in [0.25, 0.3) is 11.0 Å². The summed E-state index contributed by atoms with van der Waals surface area (Å²) in [7, 11) is 0. The van der Waals surface area contributed by atoms with Crippen LogP contribution in [0.2, 0.25) is 5.02 Å². The van der Waals surface area contributed by atoms with Gasteiger partial charge in [-0.2, -0.15) is 0 Å². The normalized spacial score (nSPS) is 10.6. The van der Waals surface area contributed by atoms with E-state index < -0.39 is 0 Å². The molecule has 0 aliphatic heterocycles. The molecule has 0 atom stereocenters. The van der Waals surface area contributed by atoms with E-state index in [0.717, 1.165) is 11.0 Å². The fourth-order valence-electron chi connectivity index (χ4n) is 1.03. The number of nitrogens with two attached hydrogens (primary N) is 1. The molecule has 2 N–H and O–H groups in total. The van der Waals surface area contributed by atoms with Crippen LogP contribution in [-0.4, -0.2) is 0 Å². The van der Waals surface area contributed by atoms with Crippen LogP contribution in [-0.2, 0) is 0 Å². The highest BCUT2D eigenvalue weighted by Gasteiger charge is 1.99. The summed E-state index contributed by atoms with van der Waals surface area (Å²) in [6, 6.07) is 7.19. The number of hydrogen-bond acceptors (Lipinski definition) is 2. The summed E-state index contributed by atoms with van der Waals surface area (Å²) >= 11 is 5.73. The Morgan fingerprint density at radius 3 is 2.91 bits per heavy atom. The summed E-state index contributed by atoms with van der Waals surface area (Å²) in [6.45, 7) is 0. The summed E-state index contributed by atoms with van der Waals surface area (Å²) in [5, 5.41) is 1.64. The Morgan fingerprint density at radius 2 is 2.09 bits per heavy atom. The predicted molar refractivity (Wildman–Crippen MR) is 45.6 cm³/mol. The SMILES string of the molecule is Nc1cc2ccc(Cl)cc2o1. The Bertz CT molecular complexity index is 394. The van der Waals surface area contributed by atoms with Gasteiger partial charge in [-0.15, -0.1) is 0 Å². The third kappa shape index (κ3) is 1.05. The van der Waals surface area contributed by atoms with E-state index >= 15 is 0 Å². The van der Waals surface area contributed by atoms with Crippen LogP contribution in [0.1, 0.15) is 0 Å². The van der Waals surface area contributed by atoms with Crippen molar-refractivity contribution in [2.24, 2.45) is 0 Å². The molecule has 0 amide bonds. The van der Waals surface area contributed by atoms with Crippen molar-refractivity contribution in [3.05, 3.63) is 29.3 Å². The third-order valence-corrected chi connectivity index (χ3v) is 1.74. The molecule has 2 rings (SSSR count). The molecule has 0 saturated carbocycles. The van der Waals surface area contributed by atoms with Gasteiger partial charge in [-0.3, -0.25) is 0 Å². The van der Waals surface area contributed by atoms with Crippen molar-refractivity contribution in [2.75, 3.05) is 5.73 Å². The molecule has 0 fully saturated rings. The second-order valence-corrected chi connectivity index (χ2v) is 2.77. The molecule has 0 aliphatic rings. The topological polar surface area (TPSA) is 39.2 Å². The summed E-state index contributed by atoms with van der Waals surface area (Å²) in [6.07, 6.45) is 0. The molecule has 0 radical (unpaired) electrons. The van der Waals surface area contributed by atoms with Crippen LogP contribution in [0.5, 0.6) is 0 Å². The second kappa shape index (κ2) is 2.17. The van der Waals surface area contributed by atoms with Crippen LogP contribution in [0.3, 0.4) is 0 Å². The maximum absolute atomic E-state index is 5.73. The first-order valence-corrected chi connectivity index (χ1v) is 3.58. The summed E-state index contributed by atoms with van der Waals surface area (Å²) in [5.41, 5.74) is 6.16. The van der Waals surface area contributed by atoms with Gasteiger partial charge in [-0.1, -0.05) is 11.6 Å². The molecular weight excluding hydrogens is 162 g/mol. The summed E-state index contributed by atoms with van der Waals surface area (Å²) in [4.78, 5) is 0. The number of anilines is 1. The van der Waals surface area contributed by atoms with Crippen LogP contribution in [0.15, 0.2) is 28.7 Å². The Hall–Kier alpha value is -1.15. The third-order valence-electron chi connectivity index (χ3n) is 1.50. The minimum absolute atomic E-state index is 0.419. The molecule has 1 aromatic heterocycles. The van der Waals surface area contributed by atoms with E-state index in [1.807, 2.05) is 6.07 Å². The highest BCUT2D eigenvalue weighted by molar-refractivity contribution is 6.31. The van der Waals surface area contributed by atoms with Gasteiger partial charge in [0.25, 0.3) is 0 Å². The second-order valence-electron chi connectivity index (χ2n) is 2.33. The molecule has 0 spiro atoms. The van der Waals surface area contributed by atoms with Gasteiger partial charge in [0.15, 0.2) is 5.88 Å². The molecule has 56 valence electrons. The first-order valence-electron chi connectivity index (χ1n) is 3.20. The van der Waals surface area contributed by atoms with Crippen LogP contribution >= 0.6 is 11.6 Å². The maximum Gasteiger partial charge on any atom is 0.191 e. The van der Waals surface area contributed by atoms with Crippen LogP contribution in [0.4, 0.5) is 5.88 Å². The Labute approximate surface area is 68.6 Å². The number of hydrogen-bond donors (Lipinski definition) is 1. The predicted octanol–water partition coefficient (Wildman–Crippen LogP) is 2.67. The quantitative estimate of drug-likeness (QED) is 0.655. The van der Waals surface area contributed by atoms with Crippen molar-refractivity contribution in [1.29, 1.82) is 0 Å². The van der Waals surface area contributed by atoms with Crippen molar-refractivity contribution in [3.63, 3.8) is 0 Å². The molecule has 0 saturated heterocycles. The Morgan fingerprint density at radius 1 is 1.27 bits per heavy atom. The number of rotatable bonds is 0. The monoisotopic (exact) mass is 167 g/mol. The minimum Gasteiger partial charge on any atom is -0.441 e. The first-order chi connectivity index (χ1) is 5.25. The molecule has 2 aromatic rings. The smallest absolute Gasteiger partial charge is 0.191 e. The van der Waals surface area contributed by atoms with Gasteiger partial charge in [0.2, 0.25) is 0 Å². The van der Waals surface area contributed by atoms with Crippen molar-refractivity contribution >= 4 is 28.5 Å². The van der Waals surface area contributed by atoms with Gasteiger partial charge >= 0.3 is 0 Å². The highest BCUT2D eigenvalue weighted by atomic mass is 35.5. The zero-order valence-electron chi connectivity index (χ0n) is 5.67. The molecule has 11 heavy (non-hydrogen) atoms. The van der Waals surface area contributed by atoms with Gasteiger partial charge in [-0.05, 0) is 12.1 Å². The van der Waals surface area contributed by atoms with Crippen molar-refractivity contribution < 1.29 is 4.42 Å². The van der Waals surface area contributed by atoms with Gasteiger partial charge in [-0.25, -0.2) is 0 Å². The minimum atomic E-state index is 0.419. The van der Waals surface area contributed by atoms with Gasteiger partial charge < -0.3 is 10.2 Å². The number of halogens is 1. The summed E-state index contributed by atoms with van der Waals surface area (Å²) in [5.74, 6) is 0.419. The van der Waals surface area contributed by atoms with Gasteiger partial charge in [0.05, 0.1) is 0 Å². The molecule has 0 unspecified atom stereocenters. The molecule has 1 aromatic carbocycles. The Kier molecular flexibility index (Phi) is 1.29. The zero-order chi connectivity index (χ0) is 7.84. The van der Waals surface area contributed by atoms with Gasteiger partial charge in [0, 0.05) is 22.5 Å². The molecular formula is C8H6ClNO. The van der Waals surface area contributed by atoms with E-state index in [-0.39, 0.29) is 0 Å². The van der Waals surface area contributed by atoms with E-state index in [1.165, 1.54) is 0 Å². The average Bonchev–Trinajstić information content (AvgIpc) is 2.27. The lowest BCUT2D eigenvalue weighted by atomic mass is 10.3. The number of nitrogen functional groups attached to an aromatic ring is 1. The molecule has 2 nitrogen and oxygen atoms in total. The van der Waals surface area contributed by atoms with E-state index in [0.29, 0.717) is 10.9 Å². The van der Waals surface area contributed by atoms with Crippen LogP contribution < -0.4 is 5.73 Å². The van der Waals surface area contributed by atoms with Crippen molar-refractivity contribution in [2.45, 2.75) is 0 Å². The number of fused-ring (bicyclic) bond motifs is 1. The van der Waals surface area contributed by atoms with E-state index in [4.69, 9.17) is 21.8 Å². The van der Waals surface area contributed by atoms with Crippen molar-refractivity contribution in [3.8, 4) is 0 Å². The maximum atomic E-state index is 5.73. The molecule has 1 heterocycles. The van der Waals surface area contributed by atoms with Crippen LogP contribution in [0, 0.1) is 0 Å². The van der Waals surface area contributed by atoms with Gasteiger partial charge in [0.1, 0.15) is 5.58 Å². The summed E-state index contributed by atoms with van der Waals surface area (Å²) < 4.78 is 5.14. The molecule has 3 heteroatoms.